The number of β-amino-alcohol motifs (C(OH)–C–C–N with tert-alkyl or cyclic N) is 1. The van der Waals surface area contributed by atoms with Gasteiger partial charge in [-0.3, -0.25) is 0 Å². The third kappa shape index (κ3) is 3.40. The minimum absolute atomic E-state index is 0.145. The number of hydrogen-bond donors (Lipinski definition) is 2. The average molecular weight is 308 g/mol. The van der Waals surface area contributed by atoms with Gasteiger partial charge in [0.05, 0.1) is 6.10 Å². The molecular weight excluding hydrogens is 284 g/mol. The van der Waals surface area contributed by atoms with E-state index in [-0.39, 0.29) is 18.0 Å². The number of urea groups is 1. The molecule has 2 heterocycles. The highest BCUT2D eigenvalue weighted by molar-refractivity contribution is 5.74. The lowest BCUT2D eigenvalue weighted by Gasteiger charge is -2.31. The molecule has 2 unspecified atom stereocenters. The highest BCUT2D eigenvalue weighted by Crippen LogP contribution is 2.38. The Bertz CT molecular complexity index is 527. The van der Waals surface area contributed by atoms with Gasteiger partial charge in [-0.05, 0) is 31.6 Å². The summed E-state index contributed by atoms with van der Waals surface area (Å²) in [7, 11) is 0. The molecule has 1 aliphatic heterocycles. The van der Waals surface area contributed by atoms with E-state index in [0.717, 1.165) is 31.5 Å². The molecule has 22 heavy (non-hydrogen) atoms. The zero-order valence-electron chi connectivity index (χ0n) is 13.2. The van der Waals surface area contributed by atoms with Gasteiger partial charge in [0.25, 0.3) is 0 Å². The van der Waals surface area contributed by atoms with Crippen LogP contribution in [0.2, 0.25) is 0 Å². The Morgan fingerprint density at radius 3 is 2.82 bits per heavy atom. The Labute approximate surface area is 130 Å². The zero-order chi connectivity index (χ0) is 15.7. The highest BCUT2D eigenvalue weighted by atomic mass is 16.5. The fourth-order valence-electron chi connectivity index (χ4n) is 2.76. The van der Waals surface area contributed by atoms with Crippen molar-refractivity contribution in [3.8, 4) is 0 Å². The average Bonchev–Trinajstić information content (AvgIpc) is 3.22. The molecule has 1 aliphatic carbocycles. The number of rotatable bonds is 4. The minimum atomic E-state index is -0.429. The first-order chi connectivity index (χ1) is 10.5. The van der Waals surface area contributed by atoms with Gasteiger partial charge in [-0.2, -0.15) is 4.98 Å². The van der Waals surface area contributed by atoms with Crippen molar-refractivity contribution in [3.63, 3.8) is 0 Å². The summed E-state index contributed by atoms with van der Waals surface area (Å²) in [5.74, 6) is 1.80. The molecule has 2 atom stereocenters. The topological polar surface area (TPSA) is 91.5 Å². The van der Waals surface area contributed by atoms with Gasteiger partial charge in [0, 0.05) is 19.0 Å². The number of likely N-dealkylation sites (tertiary alicyclic amines) is 1. The van der Waals surface area contributed by atoms with Crippen LogP contribution in [0.15, 0.2) is 4.52 Å². The Balaban J connectivity index is 1.66. The maximum Gasteiger partial charge on any atom is 0.318 e. The summed E-state index contributed by atoms with van der Waals surface area (Å²) in [5, 5.41) is 16.7. The second-order valence-electron chi connectivity index (χ2n) is 6.68. The lowest BCUT2D eigenvalue weighted by molar-refractivity contribution is 0.0820. The highest BCUT2D eigenvalue weighted by Gasteiger charge is 2.32. The molecule has 1 aromatic rings. The number of piperidine rings is 1. The SMILES string of the molecule is CC(C)C(NC(=O)N1CCCC(O)C1)c1nc(C2CC2)no1. The van der Waals surface area contributed by atoms with Gasteiger partial charge in [-0.15, -0.1) is 0 Å². The number of nitrogens with one attached hydrogen (secondary N) is 1. The molecule has 7 heteroatoms. The van der Waals surface area contributed by atoms with E-state index >= 15 is 0 Å². The third-order valence-corrected chi connectivity index (χ3v) is 4.30. The Morgan fingerprint density at radius 2 is 2.18 bits per heavy atom. The van der Waals surface area contributed by atoms with Gasteiger partial charge in [0.1, 0.15) is 6.04 Å². The molecule has 7 nitrogen and oxygen atoms in total. The number of hydrogen-bond acceptors (Lipinski definition) is 5. The molecule has 1 saturated carbocycles. The van der Waals surface area contributed by atoms with Crippen LogP contribution >= 0.6 is 0 Å². The summed E-state index contributed by atoms with van der Waals surface area (Å²) in [4.78, 5) is 18.5. The van der Waals surface area contributed by atoms with Crippen molar-refractivity contribution in [2.45, 2.75) is 57.6 Å². The monoisotopic (exact) mass is 308 g/mol. The first-order valence-electron chi connectivity index (χ1n) is 8.11. The maximum atomic E-state index is 12.4. The lowest BCUT2D eigenvalue weighted by Crippen LogP contribution is -2.48. The van der Waals surface area contributed by atoms with Crippen LogP contribution in [0.25, 0.3) is 0 Å². The van der Waals surface area contributed by atoms with Gasteiger partial charge in [-0.1, -0.05) is 19.0 Å². The molecule has 0 aromatic carbocycles. The summed E-state index contributed by atoms with van der Waals surface area (Å²) < 4.78 is 5.36. The van der Waals surface area contributed by atoms with E-state index < -0.39 is 6.10 Å². The minimum Gasteiger partial charge on any atom is -0.391 e. The van der Waals surface area contributed by atoms with Crippen LogP contribution in [0, 0.1) is 5.92 Å². The van der Waals surface area contributed by atoms with Gasteiger partial charge >= 0.3 is 6.03 Å². The number of carbonyl (C=O) groups is 1. The molecule has 1 aromatic heterocycles. The number of amides is 2. The summed E-state index contributed by atoms with van der Waals surface area (Å²) in [6.45, 7) is 5.08. The number of carbonyl (C=O) groups excluding carboxylic acids is 1. The molecule has 2 aliphatic rings. The first-order valence-corrected chi connectivity index (χ1v) is 8.11. The molecular formula is C15H24N4O3. The van der Waals surface area contributed by atoms with Crippen LogP contribution in [0.5, 0.6) is 0 Å². The summed E-state index contributed by atoms with van der Waals surface area (Å²) in [5.41, 5.74) is 0. The van der Waals surface area contributed by atoms with E-state index in [1.165, 1.54) is 0 Å². The fraction of sp³-hybridized carbons (Fsp3) is 0.800. The van der Waals surface area contributed by atoms with Gasteiger partial charge in [0.2, 0.25) is 5.89 Å². The first kappa shape index (κ1) is 15.3. The van der Waals surface area contributed by atoms with Crippen LogP contribution in [-0.4, -0.2) is 45.4 Å². The third-order valence-electron chi connectivity index (χ3n) is 4.30. The van der Waals surface area contributed by atoms with Crippen molar-refractivity contribution < 1.29 is 14.4 Å². The molecule has 3 rings (SSSR count). The molecule has 2 fully saturated rings. The number of aliphatic hydroxyl groups is 1. The van der Waals surface area contributed by atoms with Gasteiger partial charge < -0.3 is 19.8 Å². The van der Waals surface area contributed by atoms with Crippen molar-refractivity contribution in [2.24, 2.45) is 5.92 Å². The van der Waals surface area contributed by atoms with Crippen molar-refractivity contribution in [1.29, 1.82) is 0 Å². The molecule has 122 valence electrons. The molecule has 0 bridgehead atoms. The van der Waals surface area contributed by atoms with Crippen LogP contribution < -0.4 is 5.32 Å². The van der Waals surface area contributed by atoms with E-state index in [0.29, 0.717) is 24.9 Å². The zero-order valence-corrected chi connectivity index (χ0v) is 13.2. The summed E-state index contributed by atoms with van der Waals surface area (Å²) >= 11 is 0. The molecule has 0 spiro atoms. The fourth-order valence-corrected chi connectivity index (χ4v) is 2.76. The van der Waals surface area contributed by atoms with E-state index in [9.17, 15) is 9.90 Å². The second-order valence-corrected chi connectivity index (χ2v) is 6.68. The van der Waals surface area contributed by atoms with E-state index in [4.69, 9.17) is 4.52 Å². The normalized spacial score (nSPS) is 23.6. The van der Waals surface area contributed by atoms with Crippen molar-refractivity contribution >= 4 is 6.03 Å². The molecule has 0 radical (unpaired) electrons. The van der Waals surface area contributed by atoms with Crippen LogP contribution in [0.4, 0.5) is 4.79 Å². The molecule has 1 saturated heterocycles. The quantitative estimate of drug-likeness (QED) is 0.885. The van der Waals surface area contributed by atoms with Crippen LogP contribution in [0.3, 0.4) is 0 Å². The van der Waals surface area contributed by atoms with Gasteiger partial charge in [0.15, 0.2) is 5.82 Å². The van der Waals surface area contributed by atoms with Crippen LogP contribution in [0.1, 0.15) is 63.2 Å². The Hall–Kier alpha value is -1.63. The van der Waals surface area contributed by atoms with Crippen molar-refractivity contribution in [3.05, 3.63) is 11.7 Å². The maximum absolute atomic E-state index is 12.4. The predicted octanol–water partition coefficient (Wildman–Crippen LogP) is 1.81. The van der Waals surface area contributed by atoms with E-state index in [1.807, 2.05) is 13.8 Å². The van der Waals surface area contributed by atoms with Gasteiger partial charge in [-0.25, -0.2) is 4.79 Å². The molecule has 2 N–H and O–H groups in total. The van der Waals surface area contributed by atoms with E-state index in [1.54, 1.807) is 4.90 Å². The van der Waals surface area contributed by atoms with Crippen molar-refractivity contribution in [1.82, 2.24) is 20.4 Å². The standard InChI is InChI=1S/C15H24N4O3/c1-9(2)12(14-17-13(18-22-14)10-5-6-10)16-15(21)19-7-3-4-11(20)8-19/h9-12,20H,3-8H2,1-2H3,(H,16,21). The van der Waals surface area contributed by atoms with Crippen molar-refractivity contribution in [2.75, 3.05) is 13.1 Å². The van der Waals surface area contributed by atoms with Crippen LogP contribution in [-0.2, 0) is 0 Å². The second kappa shape index (κ2) is 6.24. The number of aliphatic hydroxyl groups excluding tert-OH is 1. The Kier molecular flexibility index (Phi) is 4.33. The van der Waals surface area contributed by atoms with E-state index in [2.05, 4.69) is 15.5 Å². The Morgan fingerprint density at radius 1 is 1.41 bits per heavy atom. The molecule has 2 amide bonds. The summed E-state index contributed by atoms with van der Waals surface area (Å²) in [6.07, 6.45) is 3.38. The number of nitrogens with zero attached hydrogens (tertiary/aromatic N) is 3. The lowest BCUT2D eigenvalue weighted by atomic mass is 10.0. The largest absolute Gasteiger partial charge is 0.391 e. The smallest absolute Gasteiger partial charge is 0.318 e. The summed E-state index contributed by atoms with van der Waals surface area (Å²) in [6, 6.07) is -0.477. The predicted molar refractivity (Wildman–Crippen MR) is 79.2 cm³/mol. The number of aromatic nitrogens is 2.